The quantitative estimate of drug-likeness (QED) is 0.696. The molecule has 1 aliphatic heterocycles. The van der Waals surface area contributed by atoms with E-state index < -0.39 is 15.9 Å². The summed E-state index contributed by atoms with van der Waals surface area (Å²) in [6.45, 7) is 1.27. The molecule has 156 valence electrons. The smallest absolute Gasteiger partial charge is 0.243 e. The van der Waals surface area contributed by atoms with Crippen molar-refractivity contribution in [2.45, 2.75) is 18.0 Å². The average Bonchev–Trinajstić information content (AvgIpc) is 2.72. The second-order valence-electron chi connectivity index (χ2n) is 6.60. The molecule has 0 radical (unpaired) electrons. The van der Waals surface area contributed by atoms with Gasteiger partial charge >= 0.3 is 0 Å². The molecule has 2 aromatic rings. The summed E-state index contributed by atoms with van der Waals surface area (Å²) in [4.78, 5) is 12.3. The van der Waals surface area contributed by atoms with E-state index in [9.17, 15) is 13.2 Å². The van der Waals surface area contributed by atoms with Crippen LogP contribution in [0.5, 0.6) is 11.5 Å². The van der Waals surface area contributed by atoms with Crippen molar-refractivity contribution < 1.29 is 27.4 Å². The number of benzene rings is 2. The predicted molar refractivity (Wildman–Crippen MR) is 106 cm³/mol. The van der Waals surface area contributed by atoms with E-state index >= 15 is 0 Å². The lowest BCUT2D eigenvalue weighted by Crippen LogP contribution is -2.38. The molecule has 0 fully saturated rings. The molecule has 0 saturated heterocycles. The standard InChI is InChI=1S/C20H24N2O6S/c1-22(13-20(23)21-12-15-4-3-5-16(10-15)14-26-2)29(24,25)17-6-7-18-19(11-17)28-9-8-27-18/h3-7,10-11H,8-9,12-14H2,1-2H3,(H,21,23). The molecule has 29 heavy (non-hydrogen) atoms. The first-order valence-corrected chi connectivity index (χ1v) is 10.5. The second kappa shape index (κ2) is 9.25. The number of carbonyl (C=O) groups excluding carboxylic acids is 1. The Balaban J connectivity index is 1.60. The number of nitrogens with one attached hydrogen (secondary N) is 1. The summed E-state index contributed by atoms with van der Waals surface area (Å²) < 4.78 is 42.5. The van der Waals surface area contributed by atoms with Gasteiger partial charge in [-0.2, -0.15) is 4.31 Å². The van der Waals surface area contributed by atoms with Gasteiger partial charge in [-0.15, -0.1) is 0 Å². The first kappa shape index (κ1) is 21.1. The topological polar surface area (TPSA) is 94.2 Å². The molecule has 3 rings (SSSR count). The van der Waals surface area contributed by atoms with Crippen LogP contribution < -0.4 is 14.8 Å². The molecule has 1 heterocycles. The van der Waals surface area contributed by atoms with Gasteiger partial charge in [-0.1, -0.05) is 24.3 Å². The lowest BCUT2D eigenvalue weighted by molar-refractivity contribution is -0.121. The van der Waals surface area contributed by atoms with Crippen LogP contribution in [-0.2, 0) is 32.7 Å². The third-order valence-electron chi connectivity index (χ3n) is 4.38. The maximum absolute atomic E-state index is 12.8. The number of hydrogen-bond donors (Lipinski definition) is 1. The lowest BCUT2D eigenvalue weighted by atomic mass is 10.1. The predicted octanol–water partition coefficient (Wildman–Crippen LogP) is 1.54. The highest BCUT2D eigenvalue weighted by atomic mass is 32.2. The molecule has 8 nitrogen and oxygen atoms in total. The SMILES string of the molecule is COCc1cccc(CNC(=O)CN(C)S(=O)(=O)c2ccc3c(c2)OCCO3)c1. The van der Waals surface area contributed by atoms with Crippen molar-refractivity contribution in [2.75, 3.05) is 33.9 Å². The molecule has 1 amide bonds. The highest BCUT2D eigenvalue weighted by Gasteiger charge is 2.25. The number of hydrogen-bond acceptors (Lipinski definition) is 6. The minimum atomic E-state index is -3.84. The van der Waals surface area contributed by atoms with Crippen molar-refractivity contribution in [3.63, 3.8) is 0 Å². The Morgan fingerprint density at radius 3 is 2.59 bits per heavy atom. The van der Waals surface area contributed by atoms with Crippen molar-refractivity contribution in [2.24, 2.45) is 0 Å². The van der Waals surface area contributed by atoms with E-state index in [2.05, 4.69) is 5.32 Å². The molecule has 9 heteroatoms. The number of fused-ring (bicyclic) bond motifs is 1. The number of carbonyl (C=O) groups is 1. The molecule has 1 N–H and O–H groups in total. The Hall–Kier alpha value is -2.62. The summed E-state index contributed by atoms with van der Waals surface area (Å²) in [5.41, 5.74) is 1.91. The summed E-state index contributed by atoms with van der Waals surface area (Å²) in [5, 5.41) is 2.74. The Bertz CT molecular complexity index is 977. The minimum Gasteiger partial charge on any atom is -0.486 e. The van der Waals surface area contributed by atoms with Crippen LogP contribution >= 0.6 is 0 Å². The van der Waals surface area contributed by atoms with Gasteiger partial charge in [0.25, 0.3) is 0 Å². The molecule has 0 bridgehead atoms. The lowest BCUT2D eigenvalue weighted by Gasteiger charge is -2.21. The van der Waals surface area contributed by atoms with Crippen LogP contribution in [0.15, 0.2) is 47.4 Å². The van der Waals surface area contributed by atoms with Crippen LogP contribution in [0, 0.1) is 0 Å². The average molecular weight is 420 g/mol. The highest BCUT2D eigenvalue weighted by molar-refractivity contribution is 7.89. The summed E-state index contributed by atoms with van der Waals surface area (Å²) in [6.07, 6.45) is 0. The highest BCUT2D eigenvalue weighted by Crippen LogP contribution is 2.32. The molecular formula is C20H24N2O6S. The summed E-state index contributed by atoms with van der Waals surface area (Å²) in [5.74, 6) is 0.489. The number of amides is 1. The normalized spacial score (nSPS) is 13.3. The van der Waals surface area contributed by atoms with E-state index in [0.29, 0.717) is 37.9 Å². The summed E-state index contributed by atoms with van der Waals surface area (Å²) in [6, 6.07) is 12.0. The van der Waals surface area contributed by atoms with Crippen LogP contribution in [-0.4, -0.2) is 52.5 Å². The Morgan fingerprint density at radius 2 is 1.83 bits per heavy atom. The van der Waals surface area contributed by atoms with Crippen molar-refractivity contribution in [1.29, 1.82) is 0 Å². The van der Waals surface area contributed by atoms with Gasteiger partial charge in [0.15, 0.2) is 11.5 Å². The van der Waals surface area contributed by atoms with Crippen molar-refractivity contribution in [3.05, 3.63) is 53.6 Å². The zero-order valence-electron chi connectivity index (χ0n) is 16.4. The molecule has 0 aliphatic carbocycles. The Morgan fingerprint density at radius 1 is 1.10 bits per heavy atom. The van der Waals surface area contributed by atoms with E-state index in [1.807, 2.05) is 24.3 Å². The van der Waals surface area contributed by atoms with Crippen LogP contribution in [0.25, 0.3) is 0 Å². The molecule has 0 aromatic heterocycles. The summed E-state index contributed by atoms with van der Waals surface area (Å²) >= 11 is 0. The zero-order valence-corrected chi connectivity index (χ0v) is 17.2. The Labute approximate surface area is 170 Å². The van der Waals surface area contributed by atoms with Crippen LogP contribution in [0.4, 0.5) is 0 Å². The number of methoxy groups -OCH3 is 1. The molecule has 1 aliphatic rings. The molecule has 0 spiro atoms. The fourth-order valence-corrected chi connectivity index (χ4v) is 4.05. The number of sulfonamides is 1. The molecule has 2 aromatic carbocycles. The van der Waals surface area contributed by atoms with Gasteiger partial charge in [0.05, 0.1) is 18.0 Å². The van der Waals surface area contributed by atoms with Gasteiger partial charge < -0.3 is 19.5 Å². The first-order valence-electron chi connectivity index (χ1n) is 9.09. The largest absolute Gasteiger partial charge is 0.486 e. The van der Waals surface area contributed by atoms with E-state index in [1.165, 1.54) is 19.2 Å². The summed E-state index contributed by atoms with van der Waals surface area (Å²) in [7, 11) is -0.861. The maximum Gasteiger partial charge on any atom is 0.243 e. The van der Waals surface area contributed by atoms with Gasteiger partial charge in [-0.25, -0.2) is 8.42 Å². The third kappa shape index (κ3) is 5.26. The number of ether oxygens (including phenoxy) is 3. The molecule has 0 saturated carbocycles. The van der Waals surface area contributed by atoms with Gasteiger partial charge in [-0.3, -0.25) is 4.79 Å². The molecule has 0 atom stereocenters. The van der Waals surface area contributed by atoms with Crippen LogP contribution in [0.3, 0.4) is 0 Å². The maximum atomic E-state index is 12.8. The van der Waals surface area contributed by atoms with Gasteiger partial charge in [0.1, 0.15) is 13.2 Å². The monoisotopic (exact) mass is 420 g/mol. The number of likely N-dealkylation sites (N-methyl/N-ethyl adjacent to an activating group) is 1. The number of nitrogens with zero attached hydrogens (tertiary/aromatic N) is 1. The fraction of sp³-hybridized carbons (Fsp3) is 0.350. The zero-order chi connectivity index (χ0) is 20.9. The van der Waals surface area contributed by atoms with E-state index in [4.69, 9.17) is 14.2 Å². The van der Waals surface area contributed by atoms with E-state index in [0.717, 1.165) is 15.4 Å². The van der Waals surface area contributed by atoms with E-state index in [-0.39, 0.29) is 11.4 Å². The Kier molecular flexibility index (Phi) is 6.73. The number of rotatable bonds is 8. The van der Waals surface area contributed by atoms with Crippen molar-refractivity contribution in [1.82, 2.24) is 9.62 Å². The van der Waals surface area contributed by atoms with Gasteiger partial charge in [-0.05, 0) is 23.3 Å². The van der Waals surface area contributed by atoms with Crippen molar-refractivity contribution in [3.8, 4) is 11.5 Å². The first-order chi connectivity index (χ1) is 13.9. The third-order valence-corrected chi connectivity index (χ3v) is 6.18. The molecular weight excluding hydrogens is 396 g/mol. The van der Waals surface area contributed by atoms with Crippen LogP contribution in [0.2, 0.25) is 0 Å². The minimum absolute atomic E-state index is 0.0457. The fourth-order valence-electron chi connectivity index (χ4n) is 2.90. The molecule has 0 unspecified atom stereocenters. The van der Waals surface area contributed by atoms with Crippen LogP contribution in [0.1, 0.15) is 11.1 Å². The van der Waals surface area contributed by atoms with Crippen molar-refractivity contribution >= 4 is 15.9 Å². The van der Waals surface area contributed by atoms with Gasteiger partial charge in [0.2, 0.25) is 15.9 Å². The second-order valence-corrected chi connectivity index (χ2v) is 8.64. The van der Waals surface area contributed by atoms with E-state index in [1.54, 1.807) is 13.2 Å². The van der Waals surface area contributed by atoms with Gasteiger partial charge in [0, 0.05) is 26.8 Å².